The third-order valence-corrected chi connectivity index (χ3v) is 3.57. The number of amides is 2. The van der Waals surface area contributed by atoms with Gasteiger partial charge in [0.2, 0.25) is 0 Å². The molecule has 6 nitrogen and oxygen atoms in total. The molecule has 7 heteroatoms. The first kappa shape index (κ1) is 14.0. The molecule has 0 aromatic rings. The number of carbonyl (C=O) groups is 2. The van der Waals surface area contributed by atoms with Crippen LogP contribution in [-0.2, 0) is 9.59 Å². The summed E-state index contributed by atoms with van der Waals surface area (Å²) in [4.78, 5) is 22.8. The first-order valence-corrected chi connectivity index (χ1v) is 7.23. The van der Waals surface area contributed by atoms with E-state index in [9.17, 15) is 9.59 Å². The highest BCUT2D eigenvalue weighted by atomic mass is 32.1. The number of carbonyl (C=O) groups excluding carboxylic acids is 2. The molecule has 0 unspecified atom stereocenters. The van der Waals surface area contributed by atoms with Gasteiger partial charge in [0.05, 0.1) is 0 Å². The van der Waals surface area contributed by atoms with Gasteiger partial charge < -0.3 is 10.6 Å². The van der Waals surface area contributed by atoms with E-state index in [1.807, 2.05) is 0 Å². The molecule has 0 saturated heterocycles. The molecule has 0 radical (unpaired) electrons. The molecule has 0 atom stereocenters. The van der Waals surface area contributed by atoms with Crippen molar-refractivity contribution in [1.29, 1.82) is 0 Å². The van der Waals surface area contributed by atoms with Crippen LogP contribution in [0.3, 0.4) is 0 Å². The summed E-state index contributed by atoms with van der Waals surface area (Å²) in [6, 6.07) is 0.538. The van der Waals surface area contributed by atoms with E-state index in [4.69, 9.17) is 12.2 Å². The summed E-state index contributed by atoms with van der Waals surface area (Å²) in [5, 5.41) is 6.10. The number of hydrogen-bond donors (Lipinski definition) is 4. The Morgan fingerprint density at radius 1 is 0.789 bits per heavy atom. The second-order valence-electron chi connectivity index (χ2n) is 5.14. The highest BCUT2D eigenvalue weighted by Gasteiger charge is 2.26. The van der Waals surface area contributed by atoms with E-state index in [0.717, 1.165) is 25.7 Å². The Bertz CT molecular complexity index is 365. The molecule has 4 N–H and O–H groups in total. The first-order valence-electron chi connectivity index (χ1n) is 6.82. The van der Waals surface area contributed by atoms with E-state index in [1.54, 1.807) is 0 Å². The molecule has 2 rings (SSSR count). The minimum Gasteiger partial charge on any atom is -0.359 e. The van der Waals surface area contributed by atoms with Crippen LogP contribution in [0.5, 0.6) is 0 Å². The fourth-order valence-corrected chi connectivity index (χ4v) is 2.34. The van der Waals surface area contributed by atoms with Crippen LogP contribution >= 0.6 is 12.2 Å². The highest BCUT2D eigenvalue weighted by molar-refractivity contribution is 7.80. The Hall–Kier alpha value is -1.37. The lowest BCUT2D eigenvalue weighted by Gasteiger charge is -2.24. The average molecular weight is 284 g/mol. The zero-order chi connectivity index (χ0) is 13.7. The standard InChI is InChI=1S/C12H20N4O2S/c17-10(13-9-6-7-9)11(18)15-16-12(19)14-8-4-2-1-3-5-8/h8-9H,1-7H2,(H,13,17)(H,15,18)(H2,14,16,19). The van der Waals surface area contributed by atoms with Crippen LogP contribution in [0.2, 0.25) is 0 Å². The maximum absolute atomic E-state index is 11.4. The minimum absolute atomic E-state index is 0.172. The van der Waals surface area contributed by atoms with Gasteiger partial charge in [-0.3, -0.25) is 20.4 Å². The summed E-state index contributed by atoms with van der Waals surface area (Å²) >= 11 is 5.07. The zero-order valence-electron chi connectivity index (χ0n) is 10.8. The molecule has 2 amide bonds. The van der Waals surface area contributed by atoms with Crippen molar-refractivity contribution < 1.29 is 9.59 Å². The lowest BCUT2D eigenvalue weighted by atomic mass is 9.96. The van der Waals surface area contributed by atoms with Crippen LogP contribution in [0.15, 0.2) is 0 Å². The molecule has 2 aliphatic carbocycles. The third kappa shape index (κ3) is 5.02. The second-order valence-corrected chi connectivity index (χ2v) is 5.54. The van der Waals surface area contributed by atoms with Gasteiger partial charge in [-0.05, 0) is 37.9 Å². The average Bonchev–Trinajstić information content (AvgIpc) is 3.21. The van der Waals surface area contributed by atoms with Gasteiger partial charge in [0.25, 0.3) is 0 Å². The van der Waals surface area contributed by atoms with Crippen molar-refractivity contribution in [3.05, 3.63) is 0 Å². The maximum Gasteiger partial charge on any atom is 0.327 e. The van der Waals surface area contributed by atoms with Crippen LogP contribution in [0.1, 0.15) is 44.9 Å². The van der Waals surface area contributed by atoms with Crippen LogP contribution < -0.4 is 21.5 Å². The first-order chi connectivity index (χ1) is 9.15. The molecule has 2 saturated carbocycles. The summed E-state index contributed by atoms with van der Waals surface area (Å²) in [6.07, 6.45) is 7.78. The minimum atomic E-state index is -0.709. The lowest BCUT2D eigenvalue weighted by molar-refractivity contribution is -0.139. The van der Waals surface area contributed by atoms with Crippen LogP contribution in [0.25, 0.3) is 0 Å². The van der Waals surface area contributed by atoms with Crippen molar-refractivity contribution in [1.82, 2.24) is 21.5 Å². The second kappa shape index (κ2) is 6.70. The quantitative estimate of drug-likeness (QED) is 0.328. The molecule has 0 bridgehead atoms. The molecule has 0 heterocycles. The van der Waals surface area contributed by atoms with Gasteiger partial charge in [-0.25, -0.2) is 0 Å². The topological polar surface area (TPSA) is 82.3 Å². The summed E-state index contributed by atoms with van der Waals surface area (Å²) in [6.45, 7) is 0. The largest absolute Gasteiger partial charge is 0.359 e. The normalized spacial score (nSPS) is 19.4. The third-order valence-electron chi connectivity index (χ3n) is 3.35. The van der Waals surface area contributed by atoms with E-state index >= 15 is 0 Å². The molecular formula is C12H20N4O2S. The number of nitrogens with one attached hydrogen (secondary N) is 4. The summed E-state index contributed by atoms with van der Waals surface area (Å²) in [7, 11) is 0. The SMILES string of the molecule is O=C(NNC(=S)NC1CCCCC1)C(=O)NC1CC1. The number of rotatable bonds is 2. The van der Waals surface area contributed by atoms with E-state index in [1.165, 1.54) is 19.3 Å². The van der Waals surface area contributed by atoms with Gasteiger partial charge in [0, 0.05) is 12.1 Å². The van der Waals surface area contributed by atoms with Crippen molar-refractivity contribution in [2.24, 2.45) is 0 Å². The fraction of sp³-hybridized carbons (Fsp3) is 0.750. The summed E-state index contributed by atoms with van der Waals surface area (Å²) in [5.74, 6) is -1.32. The van der Waals surface area contributed by atoms with Crippen LogP contribution in [0.4, 0.5) is 0 Å². The summed E-state index contributed by atoms with van der Waals surface area (Å²) in [5.41, 5.74) is 4.86. The molecule has 2 fully saturated rings. The van der Waals surface area contributed by atoms with Crippen LogP contribution in [0, 0.1) is 0 Å². The van der Waals surface area contributed by atoms with Crippen LogP contribution in [-0.4, -0.2) is 29.0 Å². The highest BCUT2D eigenvalue weighted by Crippen LogP contribution is 2.18. The molecule has 0 aromatic carbocycles. The van der Waals surface area contributed by atoms with Crippen molar-refractivity contribution in [3.63, 3.8) is 0 Å². The molecule has 0 aromatic heterocycles. The zero-order valence-corrected chi connectivity index (χ0v) is 11.6. The summed E-state index contributed by atoms with van der Waals surface area (Å²) < 4.78 is 0. The van der Waals surface area contributed by atoms with Gasteiger partial charge in [0.1, 0.15) is 0 Å². The Kier molecular flexibility index (Phi) is 4.95. The van der Waals surface area contributed by atoms with E-state index in [-0.39, 0.29) is 6.04 Å². The monoisotopic (exact) mass is 284 g/mol. The predicted octanol–water partition coefficient (Wildman–Crippen LogP) is 0.0930. The molecular weight excluding hydrogens is 264 g/mol. The van der Waals surface area contributed by atoms with Crippen molar-refractivity contribution in [2.45, 2.75) is 57.0 Å². The van der Waals surface area contributed by atoms with Gasteiger partial charge in [0.15, 0.2) is 5.11 Å². The Morgan fingerprint density at radius 2 is 1.42 bits per heavy atom. The predicted molar refractivity (Wildman–Crippen MR) is 75.0 cm³/mol. The van der Waals surface area contributed by atoms with E-state index < -0.39 is 11.8 Å². The lowest BCUT2D eigenvalue weighted by Crippen LogP contribution is -2.53. The Morgan fingerprint density at radius 3 is 2.05 bits per heavy atom. The van der Waals surface area contributed by atoms with Gasteiger partial charge >= 0.3 is 11.8 Å². The van der Waals surface area contributed by atoms with Crippen molar-refractivity contribution >= 4 is 29.1 Å². The Labute approximate surface area is 118 Å². The maximum atomic E-state index is 11.4. The Balaban J connectivity index is 1.61. The van der Waals surface area contributed by atoms with E-state index in [0.29, 0.717) is 11.2 Å². The fourth-order valence-electron chi connectivity index (χ4n) is 2.12. The molecule has 0 spiro atoms. The van der Waals surface area contributed by atoms with Gasteiger partial charge in [-0.1, -0.05) is 19.3 Å². The smallest absolute Gasteiger partial charge is 0.327 e. The molecule has 19 heavy (non-hydrogen) atoms. The molecule has 0 aliphatic heterocycles. The number of thiocarbonyl (C=S) groups is 1. The number of hydrazine groups is 1. The molecule has 2 aliphatic rings. The van der Waals surface area contributed by atoms with Crippen molar-refractivity contribution in [3.8, 4) is 0 Å². The van der Waals surface area contributed by atoms with E-state index in [2.05, 4.69) is 21.5 Å². The van der Waals surface area contributed by atoms with Gasteiger partial charge in [-0.2, -0.15) is 0 Å². The van der Waals surface area contributed by atoms with Gasteiger partial charge in [-0.15, -0.1) is 0 Å². The number of hydrogen-bond acceptors (Lipinski definition) is 3. The molecule has 106 valence electrons. The van der Waals surface area contributed by atoms with Crippen molar-refractivity contribution in [2.75, 3.05) is 0 Å².